The molecule has 3 amide bonds. The second kappa shape index (κ2) is 11.1. The fraction of sp³-hybridized carbons (Fsp3) is 0.654. The van der Waals surface area contributed by atoms with E-state index in [4.69, 9.17) is 0 Å². The molecular weight excluding hydrogens is 480 g/mol. The van der Waals surface area contributed by atoms with E-state index in [1.165, 1.54) is 11.1 Å². The molecule has 4 rings (SSSR count). The van der Waals surface area contributed by atoms with Gasteiger partial charge in [-0.05, 0) is 50.3 Å². The molecule has 1 aromatic rings. The Hall–Kier alpha value is -1.71. The molecule has 1 spiro atoms. The number of thioether (sulfide) groups is 2. The summed E-state index contributed by atoms with van der Waals surface area (Å²) in [5.41, 5.74) is 2.48. The molecule has 1 unspecified atom stereocenters. The van der Waals surface area contributed by atoms with Crippen LogP contribution < -0.4 is 16.0 Å². The van der Waals surface area contributed by atoms with Crippen LogP contribution in [0.1, 0.15) is 57.2 Å². The number of likely N-dealkylation sites (N-methyl/N-ethyl adjacent to an activating group) is 1. The predicted molar refractivity (Wildman–Crippen MR) is 143 cm³/mol. The van der Waals surface area contributed by atoms with E-state index in [0.717, 1.165) is 30.8 Å². The van der Waals surface area contributed by atoms with Crippen LogP contribution >= 0.6 is 23.5 Å². The number of carbonyl (C=O) groups is 3. The number of likely N-dealkylation sites (tertiary alicyclic amines) is 1. The maximum absolute atomic E-state index is 13.9. The highest BCUT2D eigenvalue weighted by atomic mass is 32.2. The summed E-state index contributed by atoms with van der Waals surface area (Å²) in [5.74, 6) is 1.51. The van der Waals surface area contributed by atoms with Gasteiger partial charge in [0.05, 0.1) is 16.2 Å². The van der Waals surface area contributed by atoms with Crippen LogP contribution in [-0.2, 0) is 20.8 Å². The van der Waals surface area contributed by atoms with Gasteiger partial charge in [0.2, 0.25) is 17.7 Å². The van der Waals surface area contributed by atoms with Crippen LogP contribution in [0.25, 0.3) is 0 Å². The molecule has 192 valence electrons. The topological polar surface area (TPSA) is 90.5 Å². The fourth-order valence-electron chi connectivity index (χ4n) is 5.28. The normalized spacial score (nSPS) is 24.8. The maximum atomic E-state index is 13.9. The number of nitrogens with one attached hydrogen (secondary N) is 3. The van der Waals surface area contributed by atoms with E-state index < -0.39 is 18.1 Å². The molecule has 3 aliphatic rings. The van der Waals surface area contributed by atoms with Gasteiger partial charge in [-0.15, -0.1) is 23.5 Å². The minimum absolute atomic E-state index is 0.0260. The quantitative estimate of drug-likeness (QED) is 0.514. The Morgan fingerprint density at radius 2 is 1.83 bits per heavy atom. The van der Waals surface area contributed by atoms with Crippen LogP contribution in [0.15, 0.2) is 24.3 Å². The molecule has 0 bridgehead atoms. The minimum Gasteiger partial charge on any atom is -0.347 e. The molecule has 0 radical (unpaired) electrons. The van der Waals surface area contributed by atoms with E-state index >= 15 is 0 Å². The van der Waals surface area contributed by atoms with E-state index in [2.05, 4.69) is 28.1 Å². The molecule has 0 aromatic heterocycles. The van der Waals surface area contributed by atoms with Gasteiger partial charge in [-0.3, -0.25) is 14.4 Å². The highest BCUT2D eigenvalue weighted by Crippen LogP contribution is 2.52. The van der Waals surface area contributed by atoms with Crippen molar-refractivity contribution < 1.29 is 14.4 Å². The van der Waals surface area contributed by atoms with Crippen molar-refractivity contribution in [2.24, 2.45) is 5.92 Å². The van der Waals surface area contributed by atoms with Gasteiger partial charge in [-0.1, -0.05) is 38.1 Å². The molecule has 2 heterocycles. The Labute approximate surface area is 217 Å². The van der Waals surface area contributed by atoms with Crippen molar-refractivity contribution in [3.8, 4) is 0 Å². The number of hydrogen-bond donors (Lipinski definition) is 3. The first-order valence-corrected chi connectivity index (χ1v) is 14.7. The first kappa shape index (κ1) is 26.4. The molecule has 2 fully saturated rings. The van der Waals surface area contributed by atoms with E-state index in [1.54, 1.807) is 18.9 Å². The summed E-state index contributed by atoms with van der Waals surface area (Å²) in [6.45, 7) is 6.17. The first-order chi connectivity index (χ1) is 16.7. The zero-order chi connectivity index (χ0) is 25.2. The number of nitrogens with zero attached hydrogens (tertiary/aromatic N) is 1. The number of hydrogen-bond acceptors (Lipinski definition) is 6. The third-order valence-corrected chi connectivity index (χ3v) is 10.9. The molecule has 1 aliphatic carbocycles. The van der Waals surface area contributed by atoms with E-state index in [-0.39, 0.29) is 33.8 Å². The van der Waals surface area contributed by atoms with Crippen molar-refractivity contribution in [1.82, 2.24) is 20.9 Å². The average Bonchev–Trinajstić information content (AvgIpc) is 3.48. The Kier molecular flexibility index (Phi) is 8.38. The third kappa shape index (κ3) is 5.67. The highest BCUT2D eigenvalue weighted by molar-refractivity contribution is 8.21. The lowest BCUT2D eigenvalue weighted by Gasteiger charge is -2.33. The van der Waals surface area contributed by atoms with Crippen molar-refractivity contribution in [1.29, 1.82) is 0 Å². The molecule has 35 heavy (non-hydrogen) atoms. The summed E-state index contributed by atoms with van der Waals surface area (Å²) in [6, 6.07) is 6.69. The summed E-state index contributed by atoms with van der Waals surface area (Å²) in [7, 11) is 1.72. The number of amides is 3. The van der Waals surface area contributed by atoms with Gasteiger partial charge in [-0.25, -0.2) is 0 Å². The number of aryl methyl sites for hydroxylation is 1. The summed E-state index contributed by atoms with van der Waals surface area (Å²) >= 11 is 3.73. The van der Waals surface area contributed by atoms with Crippen LogP contribution in [0.2, 0.25) is 0 Å². The molecular formula is C26H38N4O3S2. The van der Waals surface area contributed by atoms with Crippen LogP contribution in [0.3, 0.4) is 0 Å². The Balaban J connectivity index is 1.55. The highest BCUT2D eigenvalue weighted by Gasteiger charge is 2.52. The van der Waals surface area contributed by atoms with Gasteiger partial charge >= 0.3 is 0 Å². The van der Waals surface area contributed by atoms with E-state index in [1.807, 2.05) is 49.5 Å². The molecule has 2 saturated heterocycles. The summed E-state index contributed by atoms with van der Waals surface area (Å²) in [6.07, 6.45) is 3.62. The lowest BCUT2D eigenvalue weighted by atomic mass is 9.87. The van der Waals surface area contributed by atoms with Gasteiger partial charge in [-0.2, -0.15) is 0 Å². The molecule has 0 saturated carbocycles. The lowest BCUT2D eigenvalue weighted by Crippen LogP contribution is -2.57. The second-order valence-corrected chi connectivity index (χ2v) is 13.4. The monoisotopic (exact) mass is 518 g/mol. The minimum atomic E-state index is -0.671. The van der Waals surface area contributed by atoms with Crippen molar-refractivity contribution in [3.63, 3.8) is 0 Å². The van der Waals surface area contributed by atoms with Gasteiger partial charge in [0.15, 0.2) is 0 Å². The molecule has 1 aromatic carbocycles. The summed E-state index contributed by atoms with van der Waals surface area (Å²) < 4.78 is -0.147. The Morgan fingerprint density at radius 1 is 1.11 bits per heavy atom. The SMILES string of the molecule is CN[C@@H](C)C(=O)N[C@H](C(=O)N1CC2(C[C@H]1C(=O)NC1CCCc3ccccc31)SCCS2)C(C)C. The predicted octanol–water partition coefficient (Wildman–Crippen LogP) is 2.71. The summed E-state index contributed by atoms with van der Waals surface area (Å²) in [4.78, 5) is 42.0. The number of carbonyl (C=O) groups excluding carboxylic acids is 3. The van der Waals surface area contributed by atoms with Crippen LogP contribution in [0.5, 0.6) is 0 Å². The number of fused-ring (bicyclic) bond motifs is 1. The van der Waals surface area contributed by atoms with E-state index in [0.29, 0.717) is 13.0 Å². The smallest absolute Gasteiger partial charge is 0.246 e. The van der Waals surface area contributed by atoms with Crippen LogP contribution in [-0.4, -0.2) is 69.9 Å². The Bertz CT molecular complexity index is 950. The van der Waals surface area contributed by atoms with Gasteiger partial charge in [0.25, 0.3) is 0 Å². The first-order valence-electron chi connectivity index (χ1n) is 12.7. The van der Waals surface area contributed by atoms with Gasteiger partial charge in [0, 0.05) is 24.5 Å². The van der Waals surface area contributed by atoms with E-state index in [9.17, 15) is 14.4 Å². The zero-order valence-electron chi connectivity index (χ0n) is 21.1. The molecule has 2 aliphatic heterocycles. The molecule has 9 heteroatoms. The molecule has 7 nitrogen and oxygen atoms in total. The van der Waals surface area contributed by atoms with Crippen LogP contribution in [0.4, 0.5) is 0 Å². The number of rotatable bonds is 7. The lowest BCUT2D eigenvalue weighted by molar-refractivity contribution is -0.142. The molecule has 3 N–H and O–H groups in total. The molecule has 4 atom stereocenters. The zero-order valence-corrected chi connectivity index (χ0v) is 22.8. The average molecular weight is 519 g/mol. The van der Waals surface area contributed by atoms with Crippen molar-refractivity contribution in [2.45, 2.75) is 74.7 Å². The van der Waals surface area contributed by atoms with Crippen molar-refractivity contribution >= 4 is 41.2 Å². The van der Waals surface area contributed by atoms with Gasteiger partial charge < -0.3 is 20.9 Å². The maximum Gasteiger partial charge on any atom is 0.246 e. The number of benzene rings is 1. The standard InChI is InChI=1S/C26H38N4O3S2/c1-16(2)22(29-23(31)17(3)27-4)25(33)30-15-26(34-12-13-35-26)14-21(30)24(32)28-20-11-7-9-18-8-5-6-10-19(18)20/h5-6,8,10,16-17,20-22,27H,7,9,11-15H2,1-4H3,(H,28,32)(H,29,31)/t17-,20?,21-,22-/m0/s1. The largest absolute Gasteiger partial charge is 0.347 e. The van der Waals surface area contributed by atoms with Gasteiger partial charge in [0.1, 0.15) is 12.1 Å². The van der Waals surface area contributed by atoms with Crippen LogP contribution in [0, 0.1) is 5.92 Å². The second-order valence-electron chi connectivity index (χ2n) is 10.2. The summed E-state index contributed by atoms with van der Waals surface area (Å²) in [5, 5.41) is 9.16. The van der Waals surface area contributed by atoms with Crippen molar-refractivity contribution in [2.75, 3.05) is 25.1 Å². The Morgan fingerprint density at radius 3 is 2.51 bits per heavy atom. The van der Waals surface area contributed by atoms with Crippen molar-refractivity contribution in [3.05, 3.63) is 35.4 Å². The third-order valence-electron chi connectivity index (χ3n) is 7.43. The fourth-order valence-corrected chi connectivity index (χ4v) is 8.54.